The van der Waals surface area contributed by atoms with E-state index in [1.807, 2.05) is 0 Å². The minimum Gasteiger partial charge on any atom is -0.508 e. The van der Waals surface area contributed by atoms with Crippen molar-refractivity contribution in [2.75, 3.05) is 0 Å². The highest BCUT2D eigenvalue weighted by atomic mass is 19.1. The monoisotopic (exact) mass is 128 g/mol. The summed E-state index contributed by atoms with van der Waals surface area (Å²) < 4.78 is 12.4. The Bertz CT molecular complexity index is 170. The summed E-state index contributed by atoms with van der Waals surface area (Å²) in [6.45, 7) is 1.69. The molecule has 0 aromatic carbocycles. The summed E-state index contributed by atoms with van der Waals surface area (Å²) in [4.78, 5) is 0. The number of hydrogen-bond donors (Lipinski definition) is 1. The molecule has 0 spiro atoms. The second-order valence-electron chi connectivity index (χ2n) is 2.19. The van der Waals surface area contributed by atoms with Crippen molar-refractivity contribution in [2.45, 2.75) is 19.5 Å². The van der Waals surface area contributed by atoms with Gasteiger partial charge in [-0.2, -0.15) is 0 Å². The van der Waals surface area contributed by atoms with Gasteiger partial charge >= 0.3 is 0 Å². The van der Waals surface area contributed by atoms with Crippen molar-refractivity contribution in [3.8, 4) is 0 Å². The molecule has 1 unspecified atom stereocenters. The Morgan fingerprint density at radius 3 is 2.89 bits per heavy atom. The van der Waals surface area contributed by atoms with E-state index in [-0.39, 0.29) is 5.76 Å². The first-order valence-electron chi connectivity index (χ1n) is 2.92. The second-order valence-corrected chi connectivity index (χ2v) is 2.19. The molecule has 1 aliphatic carbocycles. The maximum absolute atomic E-state index is 12.4. The third kappa shape index (κ3) is 1.31. The van der Waals surface area contributed by atoms with Crippen LogP contribution in [0.2, 0.25) is 0 Å². The third-order valence-electron chi connectivity index (χ3n) is 1.37. The number of aliphatic hydroxyl groups excluding tert-OH is 1. The van der Waals surface area contributed by atoms with Gasteiger partial charge in [-0.3, -0.25) is 0 Å². The molecule has 0 heterocycles. The average Bonchev–Trinajstić information content (AvgIpc) is 1.80. The molecular weight excluding hydrogens is 119 g/mol. The van der Waals surface area contributed by atoms with E-state index >= 15 is 0 Å². The summed E-state index contributed by atoms with van der Waals surface area (Å²) in [5, 5.41) is 8.92. The number of allylic oxidation sites excluding steroid dienone is 3. The Balaban J connectivity index is 2.75. The molecule has 1 N–H and O–H groups in total. The Morgan fingerprint density at radius 1 is 1.78 bits per heavy atom. The fourth-order valence-corrected chi connectivity index (χ4v) is 0.810. The number of halogens is 1. The lowest BCUT2D eigenvalue weighted by Crippen LogP contribution is -2.01. The average molecular weight is 128 g/mol. The number of aliphatic hydroxyl groups is 1. The van der Waals surface area contributed by atoms with E-state index in [0.717, 1.165) is 0 Å². The summed E-state index contributed by atoms with van der Waals surface area (Å²) in [5.41, 5.74) is 0.633. The van der Waals surface area contributed by atoms with Crippen molar-refractivity contribution >= 4 is 0 Å². The van der Waals surface area contributed by atoms with E-state index in [9.17, 15) is 4.39 Å². The maximum Gasteiger partial charge on any atom is 0.122 e. The zero-order valence-corrected chi connectivity index (χ0v) is 5.26. The SMILES string of the molecule is CC1=CC(F)CC=C1O. The molecule has 0 radical (unpaired) electrons. The zero-order chi connectivity index (χ0) is 6.85. The van der Waals surface area contributed by atoms with Crippen molar-refractivity contribution in [1.29, 1.82) is 0 Å². The van der Waals surface area contributed by atoms with Crippen LogP contribution in [0.25, 0.3) is 0 Å². The van der Waals surface area contributed by atoms with Gasteiger partial charge in [-0.05, 0) is 24.6 Å². The predicted octanol–water partition coefficient (Wildman–Crippen LogP) is 2.12. The zero-order valence-electron chi connectivity index (χ0n) is 5.26. The topological polar surface area (TPSA) is 20.2 Å². The molecule has 9 heavy (non-hydrogen) atoms. The lowest BCUT2D eigenvalue weighted by molar-refractivity contribution is 0.368. The Morgan fingerprint density at radius 2 is 2.44 bits per heavy atom. The van der Waals surface area contributed by atoms with E-state index in [2.05, 4.69) is 0 Å². The van der Waals surface area contributed by atoms with Crippen molar-refractivity contribution in [3.63, 3.8) is 0 Å². The molecule has 0 bridgehead atoms. The van der Waals surface area contributed by atoms with Gasteiger partial charge in [0, 0.05) is 6.42 Å². The van der Waals surface area contributed by atoms with Crippen LogP contribution in [-0.2, 0) is 0 Å². The maximum atomic E-state index is 12.4. The molecular formula is C7H9FO. The molecule has 0 aromatic rings. The molecule has 0 aromatic heterocycles. The fraction of sp³-hybridized carbons (Fsp3) is 0.429. The lowest BCUT2D eigenvalue weighted by Gasteiger charge is -2.08. The van der Waals surface area contributed by atoms with Gasteiger partial charge in [-0.25, -0.2) is 4.39 Å². The van der Waals surface area contributed by atoms with E-state index < -0.39 is 6.17 Å². The Hall–Kier alpha value is -0.790. The highest BCUT2D eigenvalue weighted by molar-refractivity contribution is 5.27. The first-order valence-corrected chi connectivity index (χ1v) is 2.92. The van der Waals surface area contributed by atoms with Crippen LogP contribution in [0.15, 0.2) is 23.5 Å². The standard InChI is InChI=1S/C7H9FO/c1-5-4-6(8)2-3-7(5)9/h3-4,6,9H,2H2,1H3. The molecule has 0 fully saturated rings. The van der Waals surface area contributed by atoms with Crippen molar-refractivity contribution in [1.82, 2.24) is 0 Å². The molecule has 0 saturated carbocycles. The summed E-state index contributed by atoms with van der Waals surface area (Å²) in [5.74, 6) is 0.212. The highest BCUT2D eigenvalue weighted by Gasteiger charge is 2.09. The number of rotatable bonds is 0. The lowest BCUT2D eigenvalue weighted by atomic mass is 10.1. The minimum atomic E-state index is -0.902. The van der Waals surface area contributed by atoms with E-state index in [1.54, 1.807) is 6.92 Å². The van der Waals surface area contributed by atoms with Crippen LogP contribution in [0.4, 0.5) is 4.39 Å². The van der Waals surface area contributed by atoms with Crippen LogP contribution in [0.3, 0.4) is 0 Å². The number of alkyl halides is 1. The molecule has 0 aliphatic heterocycles. The van der Waals surface area contributed by atoms with E-state index in [0.29, 0.717) is 12.0 Å². The second kappa shape index (κ2) is 2.21. The molecule has 50 valence electrons. The van der Waals surface area contributed by atoms with Gasteiger partial charge in [-0.15, -0.1) is 0 Å². The van der Waals surface area contributed by atoms with Gasteiger partial charge in [0.2, 0.25) is 0 Å². The van der Waals surface area contributed by atoms with Crippen LogP contribution in [-0.4, -0.2) is 11.3 Å². The van der Waals surface area contributed by atoms with Crippen molar-refractivity contribution in [3.05, 3.63) is 23.5 Å². The van der Waals surface area contributed by atoms with Crippen LogP contribution in [0.1, 0.15) is 13.3 Å². The van der Waals surface area contributed by atoms with Gasteiger partial charge in [0.05, 0.1) is 0 Å². The largest absolute Gasteiger partial charge is 0.508 e. The molecule has 1 nitrogen and oxygen atoms in total. The van der Waals surface area contributed by atoms with Gasteiger partial charge in [0.1, 0.15) is 11.9 Å². The quantitative estimate of drug-likeness (QED) is 0.529. The van der Waals surface area contributed by atoms with E-state index in [1.165, 1.54) is 12.2 Å². The first kappa shape index (κ1) is 6.33. The molecule has 1 aliphatic rings. The van der Waals surface area contributed by atoms with Crippen molar-refractivity contribution < 1.29 is 9.50 Å². The van der Waals surface area contributed by atoms with Crippen LogP contribution in [0.5, 0.6) is 0 Å². The summed E-state index contributed by atoms with van der Waals surface area (Å²) in [6, 6.07) is 0. The summed E-state index contributed by atoms with van der Waals surface area (Å²) in [7, 11) is 0. The van der Waals surface area contributed by atoms with Crippen LogP contribution < -0.4 is 0 Å². The van der Waals surface area contributed by atoms with Crippen LogP contribution >= 0.6 is 0 Å². The van der Waals surface area contributed by atoms with Gasteiger partial charge in [-0.1, -0.05) is 0 Å². The molecule has 0 amide bonds. The smallest absolute Gasteiger partial charge is 0.122 e. The van der Waals surface area contributed by atoms with E-state index in [4.69, 9.17) is 5.11 Å². The van der Waals surface area contributed by atoms with Gasteiger partial charge in [0.15, 0.2) is 0 Å². The van der Waals surface area contributed by atoms with Crippen LogP contribution in [0, 0.1) is 0 Å². The molecule has 1 atom stereocenters. The fourth-order valence-electron chi connectivity index (χ4n) is 0.810. The Labute approximate surface area is 53.5 Å². The normalized spacial score (nSPS) is 27.1. The predicted molar refractivity (Wildman–Crippen MR) is 34.0 cm³/mol. The first-order chi connectivity index (χ1) is 4.20. The minimum absolute atomic E-state index is 0.212. The molecule has 2 heteroatoms. The molecule has 0 saturated heterocycles. The van der Waals surface area contributed by atoms with Crippen molar-refractivity contribution in [2.24, 2.45) is 0 Å². The summed E-state index contributed by atoms with van der Waals surface area (Å²) >= 11 is 0. The van der Waals surface area contributed by atoms with Gasteiger partial charge in [0.25, 0.3) is 0 Å². The molecule has 1 rings (SSSR count). The third-order valence-corrected chi connectivity index (χ3v) is 1.37. The highest BCUT2D eigenvalue weighted by Crippen LogP contribution is 2.17. The summed E-state index contributed by atoms with van der Waals surface area (Å²) in [6.07, 6.45) is 2.33. The van der Waals surface area contributed by atoms with Gasteiger partial charge < -0.3 is 5.11 Å². The Kier molecular flexibility index (Phi) is 1.56. The number of hydrogen-bond acceptors (Lipinski definition) is 1.